The molecule has 1 unspecified atom stereocenters. The molecule has 0 aliphatic rings. The van der Waals surface area contributed by atoms with Crippen molar-refractivity contribution in [2.24, 2.45) is 5.92 Å². The van der Waals surface area contributed by atoms with E-state index >= 15 is 0 Å². The number of hydrogen-bond acceptors (Lipinski definition) is 2. The van der Waals surface area contributed by atoms with Crippen molar-refractivity contribution in [3.05, 3.63) is 35.4 Å². The van der Waals surface area contributed by atoms with Crippen LogP contribution in [-0.4, -0.2) is 12.9 Å². The summed E-state index contributed by atoms with van der Waals surface area (Å²) in [4.78, 5) is 11.8. The van der Waals surface area contributed by atoms with E-state index in [4.69, 9.17) is 4.74 Å². The molecule has 0 aromatic heterocycles. The molecule has 0 saturated carbocycles. The van der Waals surface area contributed by atoms with Gasteiger partial charge in [-0.3, -0.25) is 4.79 Å². The van der Waals surface area contributed by atoms with Crippen LogP contribution in [0.15, 0.2) is 24.3 Å². The molecule has 0 aliphatic heterocycles. The fourth-order valence-corrected chi connectivity index (χ4v) is 1.40. The molecule has 2 nitrogen and oxygen atoms in total. The Morgan fingerprint density at radius 1 is 1.33 bits per heavy atom. The maximum atomic E-state index is 11.8. The van der Waals surface area contributed by atoms with Gasteiger partial charge < -0.3 is 4.74 Å². The van der Waals surface area contributed by atoms with E-state index in [1.165, 1.54) is 0 Å². The molecule has 1 aromatic carbocycles. The lowest BCUT2D eigenvalue weighted by Crippen LogP contribution is -2.10. The lowest BCUT2D eigenvalue weighted by Gasteiger charge is -2.07. The Morgan fingerprint density at radius 2 is 1.93 bits per heavy atom. The van der Waals surface area contributed by atoms with E-state index in [1.54, 1.807) is 7.11 Å². The maximum absolute atomic E-state index is 11.8. The molecule has 0 radical (unpaired) electrons. The summed E-state index contributed by atoms with van der Waals surface area (Å²) in [7, 11) is 1.66. The Balaban J connectivity index is 2.75. The Labute approximate surface area is 91.3 Å². The van der Waals surface area contributed by atoms with E-state index in [0.29, 0.717) is 6.61 Å². The fourth-order valence-electron chi connectivity index (χ4n) is 1.40. The average molecular weight is 206 g/mol. The Kier molecular flexibility index (Phi) is 4.50. The highest BCUT2D eigenvalue weighted by Gasteiger charge is 2.12. The first kappa shape index (κ1) is 11.9. The first-order chi connectivity index (χ1) is 7.19. The predicted molar refractivity (Wildman–Crippen MR) is 60.9 cm³/mol. The highest BCUT2D eigenvalue weighted by molar-refractivity contribution is 5.97. The minimum absolute atomic E-state index is 0.110. The molecule has 1 rings (SSSR count). The van der Waals surface area contributed by atoms with Crippen LogP contribution >= 0.6 is 0 Å². The first-order valence-electron chi connectivity index (χ1n) is 5.31. The summed E-state index contributed by atoms with van der Waals surface area (Å²) < 4.78 is 5.01. The largest absolute Gasteiger partial charge is 0.380 e. The zero-order valence-electron chi connectivity index (χ0n) is 9.62. The van der Waals surface area contributed by atoms with Gasteiger partial charge in [0.2, 0.25) is 0 Å². The number of ether oxygens (including phenoxy) is 1. The summed E-state index contributed by atoms with van der Waals surface area (Å²) >= 11 is 0. The van der Waals surface area contributed by atoms with Gasteiger partial charge >= 0.3 is 0 Å². The van der Waals surface area contributed by atoms with Crippen molar-refractivity contribution in [2.45, 2.75) is 26.9 Å². The van der Waals surface area contributed by atoms with Gasteiger partial charge in [0.15, 0.2) is 5.78 Å². The van der Waals surface area contributed by atoms with Crippen molar-refractivity contribution in [1.29, 1.82) is 0 Å². The predicted octanol–water partition coefficient (Wildman–Crippen LogP) is 3.06. The molecule has 0 N–H and O–H groups in total. The smallest absolute Gasteiger partial charge is 0.165 e. The molecule has 0 saturated heterocycles. The molecule has 1 atom stereocenters. The quantitative estimate of drug-likeness (QED) is 0.692. The summed E-state index contributed by atoms with van der Waals surface area (Å²) in [6.07, 6.45) is 0.888. The van der Waals surface area contributed by atoms with E-state index in [1.807, 2.05) is 38.1 Å². The molecule has 0 aliphatic carbocycles. The van der Waals surface area contributed by atoms with Gasteiger partial charge in [0.05, 0.1) is 6.61 Å². The summed E-state index contributed by atoms with van der Waals surface area (Å²) in [5, 5.41) is 0. The molecule has 0 heterocycles. The van der Waals surface area contributed by atoms with E-state index in [0.717, 1.165) is 17.5 Å². The van der Waals surface area contributed by atoms with Crippen molar-refractivity contribution in [3.63, 3.8) is 0 Å². The molecule has 0 spiro atoms. The van der Waals surface area contributed by atoms with Gasteiger partial charge in [-0.15, -0.1) is 0 Å². The van der Waals surface area contributed by atoms with Gasteiger partial charge in [-0.25, -0.2) is 0 Å². The van der Waals surface area contributed by atoms with Crippen LogP contribution in [0.4, 0.5) is 0 Å². The summed E-state index contributed by atoms with van der Waals surface area (Å²) in [5.41, 5.74) is 1.89. The lowest BCUT2D eigenvalue weighted by atomic mass is 9.96. The number of benzene rings is 1. The average Bonchev–Trinajstić information content (AvgIpc) is 2.28. The van der Waals surface area contributed by atoms with Crippen LogP contribution in [0.25, 0.3) is 0 Å². The molecule has 1 aromatic rings. The van der Waals surface area contributed by atoms with E-state index in [-0.39, 0.29) is 11.7 Å². The number of hydrogen-bond donors (Lipinski definition) is 0. The van der Waals surface area contributed by atoms with Crippen LogP contribution < -0.4 is 0 Å². The third-order valence-electron chi connectivity index (χ3n) is 2.61. The molecule has 0 amide bonds. The van der Waals surface area contributed by atoms with Crippen LogP contribution in [0.5, 0.6) is 0 Å². The van der Waals surface area contributed by atoms with Crippen LogP contribution in [-0.2, 0) is 11.3 Å². The van der Waals surface area contributed by atoms with Crippen molar-refractivity contribution >= 4 is 5.78 Å². The van der Waals surface area contributed by atoms with Crippen molar-refractivity contribution in [1.82, 2.24) is 0 Å². The standard InChI is InChI=1S/C13H18O2/c1-4-10(2)13(14)12-7-5-11(6-8-12)9-15-3/h5-8,10H,4,9H2,1-3H3. The number of rotatable bonds is 5. The number of ketones is 1. The minimum atomic E-state index is 0.110. The summed E-state index contributed by atoms with van der Waals surface area (Å²) in [6.45, 7) is 4.59. The van der Waals surface area contributed by atoms with Crippen molar-refractivity contribution in [2.75, 3.05) is 7.11 Å². The Hall–Kier alpha value is -1.15. The molecule has 82 valence electrons. The third-order valence-corrected chi connectivity index (χ3v) is 2.61. The highest BCUT2D eigenvalue weighted by atomic mass is 16.5. The number of methoxy groups -OCH3 is 1. The normalized spacial score (nSPS) is 12.5. The molecule has 2 heteroatoms. The highest BCUT2D eigenvalue weighted by Crippen LogP contribution is 2.13. The zero-order valence-corrected chi connectivity index (χ0v) is 9.62. The van der Waals surface area contributed by atoms with Crippen LogP contribution in [0.1, 0.15) is 36.2 Å². The number of Topliss-reactive ketones (excluding diaryl/α,β-unsaturated/α-hetero) is 1. The van der Waals surface area contributed by atoms with E-state index < -0.39 is 0 Å². The molecule has 0 fully saturated rings. The molecule has 15 heavy (non-hydrogen) atoms. The van der Waals surface area contributed by atoms with Gasteiger partial charge in [-0.2, -0.15) is 0 Å². The van der Waals surface area contributed by atoms with Gasteiger partial charge in [0, 0.05) is 18.6 Å². The van der Waals surface area contributed by atoms with Crippen LogP contribution in [0.3, 0.4) is 0 Å². The molecular formula is C13H18O2. The Morgan fingerprint density at radius 3 is 2.40 bits per heavy atom. The lowest BCUT2D eigenvalue weighted by molar-refractivity contribution is 0.0927. The SMILES string of the molecule is CCC(C)C(=O)c1ccc(COC)cc1. The zero-order chi connectivity index (χ0) is 11.3. The number of carbonyl (C=O) groups is 1. The van der Waals surface area contributed by atoms with Gasteiger partial charge in [-0.05, 0) is 12.0 Å². The first-order valence-corrected chi connectivity index (χ1v) is 5.31. The second-order valence-electron chi connectivity index (χ2n) is 3.80. The third kappa shape index (κ3) is 3.17. The second kappa shape index (κ2) is 5.66. The monoisotopic (exact) mass is 206 g/mol. The van der Waals surface area contributed by atoms with E-state index in [9.17, 15) is 4.79 Å². The fraction of sp³-hybridized carbons (Fsp3) is 0.462. The van der Waals surface area contributed by atoms with Crippen molar-refractivity contribution in [3.8, 4) is 0 Å². The van der Waals surface area contributed by atoms with E-state index in [2.05, 4.69) is 0 Å². The summed E-state index contributed by atoms with van der Waals surface area (Å²) in [6, 6.07) is 7.64. The minimum Gasteiger partial charge on any atom is -0.380 e. The maximum Gasteiger partial charge on any atom is 0.165 e. The Bertz CT molecular complexity index is 314. The van der Waals surface area contributed by atoms with Crippen molar-refractivity contribution < 1.29 is 9.53 Å². The topological polar surface area (TPSA) is 26.3 Å². The number of carbonyl (C=O) groups excluding carboxylic acids is 1. The second-order valence-corrected chi connectivity index (χ2v) is 3.80. The van der Waals surface area contributed by atoms with Gasteiger partial charge in [-0.1, -0.05) is 38.1 Å². The molecular weight excluding hydrogens is 188 g/mol. The van der Waals surface area contributed by atoms with Gasteiger partial charge in [0.25, 0.3) is 0 Å². The molecule has 0 bridgehead atoms. The van der Waals surface area contributed by atoms with Crippen LogP contribution in [0.2, 0.25) is 0 Å². The van der Waals surface area contributed by atoms with Gasteiger partial charge in [0.1, 0.15) is 0 Å². The summed E-state index contributed by atoms with van der Waals surface area (Å²) in [5.74, 6) is 0.333. The van der Waals surface area contributed by atoms with Crippen LogP contribution in [0, 0.1) is 5.92 Å².